The molecule has 1 unspecified atom stereocenters. The molecule has 0 saturated heterocycles. The molecule has 1 aromatic heterocycles. The molecule has 64 heavy (non-hydrogen) atoms. The molecule has 0 bridgehead atoms. The Balaban J connectivity index is 1.08. The maximum absolute atomic E-state index is 6.41. The van der Waals surface area contributed by atoms with Gasteiger partial charge in [0.1, 0.15) is 11.2 Å². The predicted molar refractivity (Wildman–Crippen MR) is 263 cm³/mol. The third-order valence-corrected chi connectivity index (χ3v) is 14.0. The highest BCUT2D eigenvalue weighted by Gasteiger charge is 2.48. The second-order valence-corrected chi connectivity index (χ2v) is 17.1. The van der Waals surface area contributed by atoms with Crippen molar-refractivity contribution in [1.82, 2.24) is 0 Å². The number of para-hydroxylation sites is 2. The van der Waals surface area contributed by atoms with Crippen LogP contribution in [-0.4, -0.2) is 0 Å². The highest BCUT2D eigenvalue weighted by Crippen LogP contribution is 2.60. The van der Waals surface area contributed by atoms with Crippen molar-refractivity contribution in [3.63, 3.8) is 0 Å². The Labute approximate surface area is 373 Å². The van der Waals surface area contributed by atoms with Gasteiger partial charge in [-0.1, -0.05) is 194 Å². The first-order chi connectivity index (χ1) is 31.7. The van der Waals surface area contributed by atoms with Crippen LogP contribution in [0, 0.1) is 0 Å². The largest absolute Gasteiger partial charge is 0.456 e. The van der Waals surface area contributed by atoms with Gasteiger partial charge in [-0.3, -0.25) is 0 Å². The molecule has 0 N–H and O–H groups in total. The summed E-state index contributed by atoms with van der Waals surface area (Å²) in [6, 6.07) is 91.6. The van der Waals surface area contributed by atoms with E-state index in [4.69, 9.17) is 4.42 Å². The van der Waals surface area contributed by atoms with Crippen molar-refractivity contribution in [1.29, 1.82) is 0 Å². The lowest BCUT2D eigenvalue weighted by atomic mass is 9.67. The van der Waals surface area contributed by atoms with E-state index in [0.717, 1.165) is 39.0 Å². The third kappa shape index (κ3) is 5.08. The van der Waals surface area contributed by atoms with Crippen molar-refractivity contribution in [2.24, 2.45) is 0 Å². The second kappa shape index (κ2) is 14.2. The molecule has 10 aromatic carbocycles. The summed E-state index contributed by atoms with van der Waals surface area (Å²) < 4.78 is 6.41. The first kappa shape index (κ1) is 36.5. The fourth-order valence-electron chi connectivity index (χ4n) is 11.4. The second-order valence-electron chi connectivity index (χ2n) is 17.1. The molecule has 0 spiro atoms. The van der Waals surface area contributed by atoms with E-state index in [-0.39, 0.29) is 0 Å². The van der Waals surface area contributed by atoms with Gasteiger partial charge < -0.3 is 9.32 Å². The first-order valence-corrected chi connectivity index (χ1v) is 22.2. The third-order valence-electron chi connectivity index (χ3n) is 14.0. The summed E-state index contributed by atoms with van der Waals surface area (Å²) in [6.07, 6.45) is 0. The number of hydrogen-bond acceptors (Lipinski definition) is 2. The fourth-order valence-corrected chi connectivity index (χ4v) is 11.4. The van der Waals surface area contributed by atoms with Crippen LogP contribution in [0.15, 0.2) is 253 Å². The Bertz CT molecular complexity index is 3520. The predicted octanol–water partition coefficient (Wildman–Crippen LogP) is 15.8. The normalized spacial score (nSPS) is 15.4. The standard InChI is InChI=1S/C62H41NO/c1-5-19-42(20-6-1)61(43-21-7-2-8-22-43)55-30-16-13-27-49(55)51-36-34-47(40-57(51)61)63(46-25-11-4-12-26-46)48-35-37-52-50-28-14-17-31-56(50)62(58(52)41-48,44-23-9-3-10-24-44)45-33-38-60-54(39-45)53-29-15-18-32-59(53)64-60/h1-41H. The van der Waals surface area contributed by atoms with E-state index in [1.165, 1.54) is 66.8 Å². The summed E-state index contributed by atoms with van der Waals surface area (Å²) in [5.41, 5.74) is 19.0. The maximum Gasteiger partial charge on any atom is 0.135 e. The molecule has 1 atom stereocenters. The van der Waals surface area contributed by atoms with Gasteiger partial charge in [-0.2, -0.15) is 0 Å². The van der Waals surface area contributed by atoms with Crippen LogP contribution in [0.4, 0.5) is 17.1 Å². The quantitative estimate of drug-likeness (QED) is 0.159. The molecule has 2 aliphatic carbocycles. The number of hydrogen-bond donors (Lipinski definition) is 0. The van der Waals surface area contributed by atoms with Gasteiger partial charge in [0.15, 0.2) is 0 Å². The first-order valence-electron chi connectivity index (χ1n) is 22.2. The van der Waals surface area contributed by atoms with Crippen LogP contribution in [0.5, 0.6) is 0 Å². The van der Waals surface area contributed by atoms with Crippen LogP contribution < -0.4 is 4.90 Å². The molecular weight excluding hydrogens is 775 g/mol. The lowest BCUT2D eigenvalue weighted by Gasteiger charge is -2.36. The summed E-state index contributed by atoms with van der Waals surface area (Å²) in [5, 5.41) is 2.25. The Morgan fingerprint density at radius 3 is 1.23 bits per heavy atom. The summed E-state index contributed by atoms with van der Waals surface area (Å²) in [7, 11) is 0. The van der Waals surface area contributed by atoms with Gasteiger partial charge in [0.05, 0.1) is 10.8 Å². The van der Waals surface area contributed by atoms with E-state index in [2.05, 4.69) is 248 Å². The summed E-state index contributed by atoms with van der Waals surface area (Å²) in [6.45, 7) is 0. The van der Waals surface area contributed by atoms with Crippen molar-refractivity contribution in [2.45, 2.75) is 10.8 Å². The number of furan rings is 1. The van der Waals surface area contributed by atoms with Crippen molar-refractivity contribution in [3.8, 4) is 22.3 Å². The Morgan fingerprint density at radius 2 is 0.688 bits per heavy atom. The molecule has 2 nitrogen and oxygen atoms in total. The van der Waals surface area contributed by atoms with Crippen LogP contribution in [0.25, 0.3) is 44.2 Å². The number of nitrogens with zero attached hydrogens (tertiary/aromatic N) is 1. The molecule has 11 aromatic rings. The SMILES string of the molecule is c1ccc(N(c2ccc3c(c2)C(c2ccccc2)(c2ccccc2)c2ccccc2-3)c2ccc3c(c2)C(c2ccccc2)(c2ccc4oc5ccccc5c4c2)c2ccccc2-3)cc1. The van der Waals surface area contributed by atoms with E-state index in [1.54, 1.807) is 0 Å². The molecular formula is C62H41NO. The van der Waals surface area contributed by atoms with Gasteiger partial charge in [-0.25, -0.2) is 0 Å². The van der Waals surface area contributed by atoms with Crippen molar-refractivity contribution in [2.75, 3.05) is 4.90 Å². The minimum atomic E-state index is -0.618. The molecule has 2 aliphatic rings. The number of rotatable bonds is 7. The van der Waals surface area contributed by atoms with E-state index in [1.807, 2.05) is 6.07 Å². The molecule has 2 heteroatoms. The van der Waals surface area contributed by atoms with Gasteiger partial charge in [-0.05, 0) is 121 Å². The summed E-state index contributed by atoms with van der Waals surface area (Å²) >= 11 is 0. The lowest BCUT2D eigenvalue weighted by Crippen LogP contribution is -2.29. The van der Waals surface area contributed by atoms with Crippen LogP contribution in [0.3, 0.4) is 0 Å². The van der Waals surface area contributed by atoms with E-state index in [9.17, 15) is 0 Å². The molecule has 300 valence electrons. The lowest BCUT2D eigenvalue weighted by molar-refractivity contribution is 0.668. The minimum Gasteiger partial charge on any atom is -0.456 e. The molecule has 0 aliphatic heterocycles. The number of benzene rings is 10. The average molecular weight is 816 g/mol. The van der Waals surface area contributed by atoms with E-state index in [0.29, 0.717) is 0 Å². The Kier molecular flexibility index (Phi) is 8.07. The van der Waals surface area contributed by atoms with Crippen LogP contribution in [-0.2, 0) is 10.8 Å². The van der Waals surface area contributed by atoms with Crippen molar-refractivity contribution < 1.29 is 4.42 Å². The minimum absolute atomic E-state index is 0.523. The topological polar surface area (TPSA) is 16.4 Å². The zero-order chi connectivity index (χ0) is 42.2. The maximum atomic E-state index is 6.41. The van der Waals surface area contributed by atoms with Gasteiger partial charge >= 0.3 is 0 Å². The van der Waals surface area contributed by atoms with Crippen LogP contribution >= 0.6 is 0 Å². The molecule has 0 fully saturated rings. The Morgan fingerprint density at radius 1 is 0.266 bits per heavy atom. The smallest absolute Gasteiger partial charge is 0.135 e. The highest BCUT2D eigenvalue weighted by molar-refractivity contribution is 6.05. The molecule has 0 radical (unpaired) electrons. The molecule has 1 heterocycles. The van der Waals surface area contributed by atoms with Crippen molar-refractivity contribution in [3.05, 3.63) is 293 Å². The van der Waals surface area contributed by atoms with Gasteiger partial charge in [0.25, 0.3) is 0 Å². The Hall–Kier alpha value is -8.20. The number of fused-ring (bicyclic) bond motifs is 9. The zero-order valence-corrected chi connectivity index (χ0v) is 35.0. The van der Waals surface area contributed by atoms with Gasteiger partial charge in [-0.15, -0.1) is 0 Å². The monoisotopic (exact) mass is 815 g/mol. The van der Waals surface area contributed by atoms with Crippen LogP contribution in [0.2, 0.25) is 0 Å². The molecule has 13 rings (SSSR count). The van der Waals surface area contributed by atoms with Crippen LogP contribution in [0.1, 0.15) is 44.5 Å². The van der Waals surface area contributed by atoms with Gasteiger partial charge in [0, 0.05) is 27.8 Å². The molecule has 0 saturated carbocycles. The summed E-state index contributed by atoms with van der Waals surface area (Å²) in [5.74, 6) is 0. The van der Waals surface area contributed by atoms with E-state index < -0.39 is 10.8 Å². The van der Waals surface area contributed by atoms with Crippen molar-refractivity contribution >= 4 is 39.0 Å². The average Bonchev–Trinajstić information content (AvgIpc) is 4.00. The fraction of sp³-hybridized carbons (Fsp3) is 0.0323. The highest BCUT2D eigenvalue weighted by atomic mass is 16.3. The summed E-state index contributed by atoms with van der Waals surface area (Å²) in [4.78, 5) is 2.45. The molecule has 0 amide bonds. The van der Waals surface area contributed by atoms with Gasteiger partial charge in [0.2, 0.25) is 0 Å². The zero-order valence-electron chi connectivity index (χ0n) is 35.0. The van der Waals surface area contributed by atoms with E-state index >= 15 is 0 Å². The number of anilines is 3.